The highest BCUT2D eigenvalue weighted by molar-refractivity contribution is 5.86. The van der Waals surface area contributed by atoms with Crippen molar-refractivity contribution in [3.63, 3.8) is 0 Å². The third-order valence-electron chi connectivity index (χ3n) is 4.39. The molecule has 2 aliphatic rings. The molecular formula is C14H17N3O3. The molecule has 1 saturated carbocycles. The van der Waals surface area contributed by atoms with Gasteiger partial charge < -0.3 is 15.0 Å². The number of rotatable bonds is 4. The lowest BCUT2D eigenvalue weighted by Crippen LogP contribution is -2.40. The molecule has 106 valence electrons. The minimum Gasteiger partial charge on any atom is -0.481 e. The SMILES string of the molecule is Cn1ccnc1CNC(=O)C1C2C=CC(C2)C1C(=O)O. The van der Waals surface area contributed by atoms with Crippen LogP contribution >= 0.6 is 0 Å². The maximum absolute atomic E-state index is 12.3. The van der Waals surface area contributed by atoms with E-state index < -0.39 is 17.8 Å². The number of amides is 1. The number of carboxylic acids is 1. The zero-order chi connectivity index (χ0) is 14.3. The van der Waals surface area contributed by atoms with Gasteiger partial charge in [-0.2, -0.15) is 0 Å². The van der Waals surface area contributed by atoms with Crippen LogP contribution in [-0.2, 0) is 23.2 Å². The Kier molecular flexibility index (Phi) is 3.08. The number of hydrogen-bond acceptors (Lipinski definition) is 3. The summed E-state index contributed by atoms with van der Waals surface area (Å²) < 4.78 is 1.83. The average molecular weight is 275 g/mol. The van der Waals surface area contributed by atoms with Crippen molar-refractivity contribution in [2.45, 2.75) is 13.0 Å². The van der Waals surface area contributed by atoms with Gasteiger partial charge in [-0.25, -0.2) is 4.98 Å². The van der Waals surface area contributed by atoms with Crippen LogP contribution in [0.2, 0.25) is 0 Å². The summed E-state index contributed by atoms with van der Waals surface area (Å²) in [5.74, 6) is -1.29. The molecule has 1 aromatic rings. The molecule has 0 aliphatic heterocycles. The number of nitrogens with one attached hydrogen (secondary N) is 1. The molecule has 1 heterocycles. The molecule has 4 unspecified atom stereocenters. The number of aliphatic carboxylic acids is 1. The third kappa shape index (κ3) is 2.01. The maximum atomic E-state index is 12.3. The number of aryl methyl sites for hydroxylation is 1. The van der Waals surface area contributed by atoms with Crippen molar-refractivity contribution in [1.29, 1.82) is 0 Å². The molecule has 0 aromatic carbocycles. The number of nitrogens with zero attached hydrogens (tertiary/aromatic N) is 2. The normalized spacial score (nSPS) is 30.6. The highest BCUT2D eigenvalue weighted by Gasteiger charge is 2.51. The molecule has 2 bridgehead atoms. The summed E-state index contributed by atoms with van der Waals surface area (Å²) in [6.45, 7) is 0.326. The fraction of sp³-hybridized carbons (Fsp3) is 0.500. The maximum Gasteiger partial charge on any atom is 0.307 e. The summed E-state index contributed by atoms with van der Waals surface area (Å²) in [5.41, 5.74) is 0. The van der Waals surface area contributed by atoms with E-state index in [9.17, 15) is 14.7 Å². The molecule has 3 rings (SSSR count). The molecule has 4 atom stereocenters. The zero-order valence-electron chi connectivity index (χ0n) is 11.2. The summed E-state index contributed by atoms with van der Waals surface area (Å²) in [7, 11) is 1.86. The van der Waals surface area contributed by atoms with E-state index in [1.807, 2.05) is 30.0 Å². The van der Waals surface area contributed by atoms with Gasteiger partial charge >= 0.3 is 5.97 Å². The Morgan fingerprint density at radius 2 is 2.10 bits per heavy atom. The summed E-state index contributed by atoms with van der Waals surface area (Å²) in [4.78, 5) is 27.8. The monoisotopic (exact) mass is 275 g/mol. The van der Waals surface area contributed by atoms with Crippen molar-refractivity contribution in [2.24, 2.45) is 30.7 Å². The van der Waals surface area contributed by atoms with Crippen LogP contribution in [0.1, 0.15) is 12.2 Å². The second kappa shape index (κ2) is 4.77. The van der Waals surface area contributed by atoms with E-state index in [1.165, 1.54) is 0 Å². The topological polar surface area (TPSA) is 84.2 Å². The van der Waals surface area contributed by atoms with Crippen molar-refractivity contribution < 1.29 is 14.7 Å². The van der Waals surface area contributed by atoms with E-state index in [0.29, 0.717) is 6.54 Å². The number of allylic oxidation sites excluding steroid dienone is 2. The molecule has 0 saturated heterocycles. The van der Waals surface area contributed by atoms with Crippen LogP contribution < -0.4 is 5.32 Å². The third-order valence-corrected chi connectivity index (χ3v) is 4.39. The van der Waals surface area contributed by atoms with Gasteiger partial charge in [-0.1, -0.05) is 12.2 Å². The van der Waals surface area contributed by atoms with Crippen molar-refractivity contribution >= 4 is 11.9 Å². The molecule has 1 fully saturated rings. The molecule has 1 amide bonds. The molecule has 2 aliphatic carbocycles. The Labute approximate surface area is 116 Å². The Balaban J connectivity index is 1.69. The first-order valence-corrected chi connectivity index (χ1v) is 6.73. The minimum absolute atomic E-state index is 0.00131. The first kappa shape index (κ1) is 12.9. The van der Waals surface area contributed by atoms with Gasteiger partial charge in [-0.3, -0.25) is 9.59 Å². The fourth-order valence-corrected chi connectivity index (χ4v) is 3.37. The summed E-state index contributed by atoms with van der Waals surface area (Å²) in [6.07, 6.45) is 8.17. The standard InChI is InChI=1S/C14H17N3O3/c1-17-5-4-15-10(17)7-16-13(18)11-8-2-3-9(6-8)12(11)14(19)20/h2-5,8-9,11-12H,6-7H2,1H3,(H,16,18)(H,19,20). The average Bonchev–Trinajstić information content (AvgIpc) is 3.10. The summed E-state index contributed by atoms with van der Waals surface area (Å²) in [5, 5.41) is 12.1. The fourth-order valence-electron chi connectivity index (χ4n) is 3.37. The van der Waals surface area contributed by atoms with Gasteiger partial charge in [0.15, 0.2) is 0 Å². The minimum atomic E-state index is -0.876. The van der Waals surface area contributed by atoms with E-state index in [2.05, 4.69) is 10.3 Å². The smallest absolute Gasteiger partial charge is 0.307 e. The highest BCUT2D eigenvalue weighted by Crippen LogP contribution is 2.48. The number of fused-ring (bicyclic) bond motifs is 2. The van der Waals surface area contributed by atoms with E-state index in [0.717, 1.165) is 12.2 Å². The lowest BCUT2D eigenvalue weighted by Gasteiger charge is -2.23. The number of carboxylic acid groups (broad SMARTS) is 1. The van der Waals surface area contributed by atoms with Crippen molar-refractivity contribution in [3.8, 4) is 0 Å². The van der Waals surface area contributed by atoms with Gasteiger partial charge in [0.1, 0.15) is 5.82 Å². The molecule has 6 heteroatoms. The van der Waals surface area contributed by atoms with Crippen molar-refractivity contribution in [1.82, 2.24) is 14.9 Å². The van der Waals surface area contributed by atoms with E-state index in [1.54, 1.807) is 6.20 Å². The molecule has 0 spiro atoms. The molecule has 20 heavy (non-hydrogen) atoms. The van der Waals surface area contributed by atoms with Gasteiger partial charge in [0.2, 0.25) is 5.91 Å². The zero-order valence-corrected chi connectivity index (χ0v) is 11.2. The van der Waals surface area contributed by atoms with Gasteiger partial charge in [0.05, 0.1) is 18.4 Å². The van der Waals surface area contributed by atoms with Crippen LogP contribution in [0, 0.1) is 23.7 Å². The van der Waals surface area contributed by atoms with Gasteiger partial charge in [0.25, 0.3) is 0 Å². The number of imidazole rings is 1. The van der Waals surface area contributed by atoms with Crippen LogP contribution in [0.25, 0.3) is 0 Å². The largest absolute Gasteiger partial charge is 0.481 e. The van der Waals surface area contributed by atoms with Crippen molar-refractivity contribution in [2.75, 3.05) is 0 Å². The Bertz CT molecular complexity index is 578. The molecule has 6 nitrogen and oxygen atoms in total. The predicted octanol–water partition coefficient (Wildman–Crippen LogP) is 0.559. The lowest BCUT2D eigenvalue weighted by molar-refractivity contribution is -0.147. The van der Waals surface area contributed by atoms with E-state index >= 15 is 0 Å². The van der Waals surface area contributed by atoms with Crippen LogP contribution in [0.3, 0.4) is 0 Å². The van der Waals surface area contributed by atoms with Crippen molar-refractivity contribution in [3.05, 3.63) is 30.4 Å². The Morgan fingerprint density at radius 1 is 1.40 bits per heavy atom. The quantitative estimate of drug-likeness (QED) is 0.786. The summed E-state index contributed by atoms with van der Waals surface area (Å²) >= 11 is 0. The summed E-state index contributed by atoms with van der Waals surface area (Å²) in [6, 6.07) is 0. The molecule has 1 aromatic heterocycles. The first-order valence-electron chi connectivity index (χ1n) is 6.73. The second-order valence-electron chi connectivity index (χ2n) is 5.51. The van der Waals surface area contributed by atoms with Gasteiger partial charge in [-0.15, -0.1) is 0 Å². The van der Waals surface area contributed by atoms with Crippen LogP contribution in [-0.4, -0.2) is 26.5 Å². The lowest BCUT2D eigenvalue weighted by atomic mass is 9.82. The molecular weight excluding hydrogens is 258 g/mol. The van der Waals surface area contributed by atoms with Crippen LogP contribution in [0.5, 0.6) is 0 Å². The number of hydrogen-bond donors (Lipinski definition) is 2. The van der Waals surface area contributed by atoms with E-state index in [-0.39, 0.29) is 17.7 Å². The van der Waals surface area contributed by atoms with Gasteiger partial charge in [-0.05, 0) is 18.3 Å². The Hall–Kier alpha value is -2.11. The van der Waals surface area contributed by atoms with Crippen LogP contribution in [0.4, 0.5) is 0 Å². The molecule has 0 radical (unpaired) electrons. The van der Waals surface area contributed by atoms with Gasteiger partial charge in [0, 0.05) is 19.4 Å². The Morgan fingerprint density at radius 3 is 2.70 bits per heavy atom. The number of aromatic nitrogens is 2. The first-order chi connectivity index (χ1) is 9.58. The second-order valence-corrected chi connectivity index (χ2v) is 5.51. The number of carbonyl (C=O) groups is 2. The number of carbonyl (C=O) groups excluding carboxylic acids is 1. The highest BCUT2D eigenvalue weighted by atomic mass is 16.4. The van der Waals surface area contributed by atoms with Crippen LogP contribution in [0.15, 0.2) is 24.5 Å². The molecule has 2 N–H and O–H groups in total. The van der Waals surface area contributed by atoms with E-state index in [4.69, 9.17) is 0 Å². The predicted molar refractivity (Wildman–Crippen MR) is 70.4 cm³/mol.